The molecule has 2 aromatic carbocycles. The molecule has 0 amide bonds. The third-order valence-corrected chi connectivity index (χ3v) is 6.06. The molecule has 0 fully saturated rings. The van der Waals surface area contributed by atoms with Gasteiger partial charge in [0.1, 0.15) is 5.82 Å². The summed E-state index contributed by atoms with van der Waals surface area (Å²) in [5.41, 5.74) is 2.53. The zero-order valence-corrected chi connectivity index (χ0v) is 17.3. The Kier molecular flexibility index (Phi) is 5.88. The Balaban J connectivity index is 2.02. The van der Waals surface area contributed by atoms with Gasteiger partial charge in [0.2, 0.25) is 10.0 Å². The molecule has 0 radical (unpaired) electrons. The van der Waals surface area contributed by atoms with Crippen molar-refractivity contribution in [3.63, 3.8) is 0 Å². The van der Waals surface area contributed by atoms with E-state index in [9.17, 15) is 17.6 Å². The summed E-state index contributed by atoms with van der Waals surface area (Å²) in [5.74, 6) is -0.529. The lowest BCUT2D eigenvalue weighted by Crippen LogP contribution is -2.19. The molecular formula is C20H23FN4O3S. The molecule has 0 spiro atoms. The van der Waals surface area contributed by atoms with E-state index in [-0.39, 0.29) is 17.0 Å². The van der Waals surface area contributed by atoms with Gasteiger partial charge in [-0.25, -0.2) is 17.8 Å². The van der Waals surface area contributed by atoms with Crippen molar-refractivity contribution in [3.8, 4) is 0 Å². The summed E-state index contributed by atoms with van der Waals surface area (Å²) >= 11 is 0. The maximum absolute atomic E-state index is 14.5. The molecule has 2 N–H and O–H groups in total. The Morgan fingerprint density at radius 2 is 1.93 bits per heavy atom. The zero-order chi connectivity index (χ0) is 21.2. The van der Waals surface area contributed by atoms with Gasteiger partial charge in [-0.15, -0.1) is 0 Å². The van der Waals surface area contributed by atoms with Gasteiger partial charge in [0.15, 0.2) is 0 Å². The molecule has 1 aromatic heterocycles. The standard InChI is InChI=1S/C20H23FN4O3S/c1-4-10-29(27,28)24-16-9-7-15(21)20(13(16)3)23-14-6-8-17-18(11-14)25(5-2)19(26)12-22-17/h6-9,11-12,23-24H,4-5,10H2,1-3H3. The summed E-state index contributed by atoms with van der Waals surface area (Å²) in [7, 11) is -3.50. The molecule has 0 saturated carbocycles. The van der Waals surface area contributed by atoms with Gasteiger partial charge in [0, 0.05) is 12.2 Å². The molecular weight excluding hydrogens is 395 g/mol. The van der Waals surface area contributed by atoms with Crippen LogP contribution in [0.15, 0.2) is 41.3 Å². The van der Waals surface area contributed by atoms with E-state index in [2.05, 4.69) is 15.0 Å². The largest absolute Gasteiger partial charge is 0.353 e. The van der Waals surface area contributed by atoms with E-state index >= 15 is 0 Å². The van der Waals surface area contributed by atoms with E-state index in [0.29, 0.717) is 40.9 Å². The van der Waals surface area contributed by atoms with E-state index < -0.39 is 15.8 Å². The number of halogens is 1. The van der Waals surface area contributed by atoms with Crippen molar-refractivity contribution >= 4 is 38.1 Å². The zero-order valence-electron chi connectivity index (χ0n) is 16.5. The lowest BCUT2D eigenvalue weighted by molar-refractivity contribution is 0.599. The van der Waals surface area contributed by atoms with E-state index in [4.69, 9.17) is 0 Å². The fourth-order valence-electron chi connectivity index (χ4n) is 3.14. The van der Waals surface area contributed by atoms with Crippen molar-refractivity contribution in [2.75, 3.05) is 15.8 Å². The summed E-state index contributed by atoms with van der Waals surface area (Å²) in [6.45, 7) is 5.74. The van der Waals surface area contributed by atoms with Crippen molar-refractivity contribution in [3.05, 3.63) is 58.3 Å². The second-order valence-corrected chi connectivity index (χ2v) is 8.53. The molecule has 3 aromatic rings. The third-order valence-electron chi connectivity index (χ3n) is 4.58. The fourth-order valence-corrected chi connectivity index (χ4v) is 4.34. The lowest BCUT2D eigenvalue weighted by atomic mass is 10.1. The molecule has 9 heteroatoms. The van der Waals surface area contributed by atoms with Crippen LogP contribution in [0.25, 0.3) is 11.0 Å². The van der Waals surface area contributed by atoms with Gasteiger partial charge >= 0.3 is 0 Å². The highest BCUT2D eigenvalue weighted by Gasteiger charge is 2.16. The number of nitrogens with one attached hydrogen (secondary N) is 2. The monoisotopic (exact) mass is 418 g/mol. The van der Waals surface area contributed by atoms with E-state index in [1.807, 2.05) is 6.92 Å². The minimum Gasteiger partial charge on any atom is -0.353 e. The predicted molar refractivity (Wildman–Crippen MR) is 114 cm³/mol. The summed E-state index contributed by atoms with van der Waals surface area (Å²) < 4.78 is 42.8. The third kappa shape index (κ3) is 4.40. The van der Waals surface area contributed by atoms with Crippen molar-refractivity contribution < 1.29 is 12.8 Å². The number of rotatable bonds is 7. The Labute approximate surface area is 168 Å². The van der Waals surface area contributed by atoms with Gasteiger partial charge in [0.05, 0.1) is 34.4 Å². The molecule has 0 atom stereocenters. The molecule has 0 saturated heterocycles. The number of anilines is 3. The van der Waals surface area contributed by atoms with Crippen molar-refractivity contribution in [2.45, 2.75) is 33.7 Å². The van der Waals surface area contributed by atoms with Crippen LogP contribution in [0.2, 0.25) is 0 Å². The summed E-state index contributed by atoms with van der Waals surface area (Å²) in [6.07, 6.45) is 1.75. The van der Waals surface area contributed by atoms with Crippen LogP contribution in [0, 0.1) is 12.7 Å². The molecule has 154 valence electrons. The van der Waals surface area contributed by atoms with Gasteiger partial charge < -0.3 is 9.88 Å². The average Bonchev–Trinajstić information content (AvgIpc) is 2.67. The molecule has 7 nitrogen and oxygen atoms in total. The van der Waals surface area contributed by atoms with Gasteiger partial charge in [0.25, 0.3) is 5.56 Å². The van der Waals surface area contributed by atoms with Crippen LogP contribution in [0.3, 0.4) is 0 Å². The highest BCUT2D eigenvalue weighted by molar-refractivity contribution is 7.92. The number of aryl methyl sites for hydroxylation is 1. The van der Waals surface area contributed by atoms with Gasteiger partial charge in [-0.05, 0) is 56.2 Å². The summed E-state index contributed by atoms with van der Waals surface area (Å²) in [5, 5.41) is 3.01. The number of hydrogen-bond acceptors (Lipinski definition) is 5. The summed E-state index contributed by atoms with van der Waals surface area (Å²) in [4.78, 5) is 16.2. The molecule has 1 heterocycles. The van der Waals surface area contributed by atoms with Crippen LogP contribution in [0.4, 0.5) is 21.5 Å². The quantitative estimate of drug-likeness (QED) is 0.609. The van der Waals surface area contributed by atoms with Crippen LogP contribution in [0.1, 0.15) is 25.8 Å². The average molecular weight is 418 g/mol. The molecule has 0 unspecified atom stereocenters. The molecule has 0 aliphatic carbocycles. The number of benzene rings is 2. The van der Waals surface area contributed by atoms with E-state index in [1.165, 1.54) is 18.3 Å². The smallest absolute Gasteiger partial charge is 0.269 e. The van der Waals surface area contributed by atoms with Crippen LogP contribution < -0.4 is 15.6 Å². The molecule has 0 bridgehead atoms. The Morgan fingerprint density at radius 1 is 1.17 bits per heavy atom. The first-order valence-electron chi connectivity index (χ1n) is 9.32. The Morgan fingerprint density at radius 3 is 2.62 bits per heavy atom. The van der Waals surface area contributed by atoms with Crippen LogP contribution in [-0.2, 0) is 16.6 Å². The second-order valence-electron chi connectivity index (χ2n) is 6.69. The first-order valence-corrected chi connectivity index (χ1v) is 11.0. The highest BCUT2D eigenvalue weighted by atomic mass is 32.2. The first-order chi connectivity index (χ1) is 13.8. The van der Waals surface area contributed by atoms with E-state index in [1.54, 1.807) is 36.6 Å². The van der Waals surface area contributed by atoms with Crippen molar-refractivity contribution in [1.82, 2.24) is 9.55 Å². The number of nitrogens with zero attached hydrogens (tertiary/aromatic N) is 2. The maximum Gasteiger partial charge on any atom is 0.269 e. The number of fused-ring (bicyclic) bond motifs is 1. The van der Waals surface area contributed by atoms with E-state index in [0.717, 1.165) is 0 Å². The maximum atomic E-state index is 14.5. The topological polar surface area (TPSA) is 93.1 Å². The highest BCUT2D eigenvalue weighted by Crippen LogP contribution is 2.31. The molecule has 0 aliphatic heterocycles. The molecule has 0 aliphatic rings. The normalized spacial score (nSPS) is 11.6. The minimum atomic E-state index is -3.50. The van der Waals surface area contributed by atoms with Crippen LogP contribution in [-0.4, -0.2) is 23.7 Å². The minimum absolute atomic E-state index is 0.0151. The number of sulfonamides is 1. The van der Waals surface area contributed by atoms with Crippen LogP contribution in [0.5, 0.6) is 0 Å². The van der Waals surface area contributed by atoms with Crippen molar-refractivity contribution in [2.24, 2.45) is 0 Å². The van der Waals surface area contributed by atoms with Gasteiger partial charge in [-0.1, -0.05) is 6.92 Å². The summed E-state index contributed by atoms with van der Waals surface area (Å²) in [6, 6.07) is 7.81. The first kappa shape index (κ1) is 20.8. The predicted octanol–water partition coefficient (Wildman–Crippen LogP) is 3.76. The second kappa shape index (κ2) is 8.20. The fraction of sp³-hybridized carbons (Fsp3) is 0.300. The Bertz CT molecular complexity index is 1220. The van der Waals surface area contributed by atoms with Crippen molar-refractivity contribution in [1.29, 1.82) is 0 Å². The molecule has 3 rings (SSSR count). The Hall–Kier alpha value is -2.94. The van der Waals surface area contributed by atoms with Gasteiger partial charge in [-0.2, -0.15) is 0 Å². The SMILES string of the molecule is CCCS(=O)(=O)Nc1ccc(F)c(Nc2ccc3ncc(=O)n(CC)c3c2)c1C. The molecule has 29 heavy (non-hydrogen) atoms. The number of hydrogen-bond donors (Lipinski definition) is 2. The number of aromatic nitrogens is 2. The van der Waals surface area contributed by atoms with Gasteiger partial charge in [-0.3, -0.25) is 9.52 Å². The lowest BCUT2D eigenvalue weighted by Gasteiger charge is -2.16. The van der Waals surface area contributed by atoms with Crippen LogP contribution >= 0.6 is 0 Å².